The van der Waals surface area contributed by atoms with Gasteiger partial charge < -0.3 is 19.5 Å². The quantitative estimate of drug-likeness (QED) is 0.728. The molecule has 0 bridgehead atoms. The van der Waals surface area contributed by atoms with Crippen LogP contribution in [-0.2, 0) is 14.9 Å². The van der Waals surface area contributed by atoms with Gasteiger partial charge in [-0.15, -0.1) is 0 Å². The minimum atomic E-state index is -4.00. The Labute approximate surface area is 162 Å². The number of amides is 1. The molecule has 2 aromatic carbocycles. The molecule has 3 rings (SSSR count). The first-order valence-electron chi connectivity index (χ1n) is 8.29. The van der Waals surface area contributed by atoms with Crippen LogP contribution < -0.4 is 19.5 Å². The predicted octanol–water partition coefficient (Wildman–Crippen LogP) is 1.90. The normalized spacial score (nSPS) is 13.3. The standard InChI is InChI=1S/C18H20N2O7S/c1-20(25-3)28(22,23)17-10-12(4-6-15(17)24-2)18(21)19-13-5-7-14-16(11-13)27-9-8-26-14/h4-7,10-11H,8-9H2,1-3H3,(H,19,21). The number of methoxy groups -OCH3 is 1. The highest BCUT2D eigenvalue weighted by molar-refractivity contribution is 7.89. The van der Waals surface area contributed by atoms with E-state index in [1.807, 2.05) is 0 Å². The number of hydrogen-bond donors (Lipinski definition) is 1. The van der Waals surface area contributed by atoms with Gasteiger partial charge in [-0.2, -0.15) is 0 Å². The van der Waals surface area contributed by atoms with Crippen molar-refractivity contribution in [2.24, 2.45) is 0 Å². The molecule has 0 atom stereocenters. The molecular formula is C18H20N2O7S. The zero-order valence-electron chi connectivity index (χ0n) is 15.6. The van der Waals surface area contributed by atoms with Crippen molar-refractivity contribution in [2.45, 2.75) is 4.90 Å². The molecule has 0 aromatic heterocycles. The number of nitrogens with zero attached hydrogens (tertiary/aromatic N) is 1. The summed E-state index contributed by atoms with van der Waals surface area (Å²) in [6.07, 6.45) is 0. The maximum Gasteiger partial charge on any atom is 0.268 e. The van der Waals surface area contributed by atoms with E-state index in [1.165, 1.54) is 39.5 Å². The van der Waals surface area contributed by atoms with Crippen LogP contribution in [0.3, 0.4) is 0 Å². The number of nitrogens with one attached hydrogen (secondary N) is 1. The number of benzene rings is 2. The van der Waals surface area contributed by atoms with Gasteiger partial charge in [-0.1, -0.05) is 4.47 Å². The van der Waals surface area contributed by atoms with E-state index in [4.69, 9.17) is 19.0 Å². The Morgan fingerprint density at radius 2 is 1.79 bits per heavy atom. The SMILES string of the molecule is COc1ccc(C(=O)Nc2ccc3c(c2)OCCO3)cc1S(=O)(=O)N(C)OC. The van der Waals surface area contributed by atoms with Gasteiger partial charge in [0.1, 0.15) is 23.9 Å². The number of hydrogen-bond acceptors (Lipinski definition) is 7. The monoisotopic (exact) mass is 408 g/mol. The molecule has 0 fully saturated rings. The third-order valence-corrected chi connectivity index (χ3v) is 5.80. The topological polar surface area (TPSA) is 103 Å². The number of ether oxygens (including phenoxy) is 3. The fraction of sp³-hybridized carbons (Fsp3) is 0.278. The Morgan fingerprint density at radius 1 is 1.07 bits per heavy atom. The van der Waals surface area contributed by atoms with Crippen LogP contribution in [0, 0.1) is 0 Å². The van der Waals surface area contributed by atoms with E-state index >= 15 is 0 Å². The third kappa shape index (κ3) is 3.88. The molecule has 0 saturated carbocycles. The Balaban J connectivity index is 1.89. The predicted molar refractivity (Wildman–Crippen MR) is 100 cm³/mol. The molecule has 150 valence electrons. The lowest BCUT2D eigenvalue weighted by Gasteiger charge is -2.19. The second-order valence-electron chi connectivity index (χ2n) is 5.78. The molecule has 1 aliphatic rings. The van der Waals surface area contributed by atoms with Crippen molar-refractivity contribution in [3.63, 3.8) is 0 Å². The first-order valence-corrected chi connectivity index (χ1v) is 9.73. The lowest BCUT2D eigenvalue weighted by molar-refractivity contribution is -0.0259. The van der Waals surface area contributed by atoms with E-state index in [1.54, 1.807) is 18.2 Å². The van der Waals surface area contributed by atoms with Gasteiger partial charge in [0, 0.05) is 24.4 Å². The number of rotatable bonds is 6. The second-order valence-corrected chi connectivity index (χ2v) is 7.68. The van der Waals surface area contributed by atoms with Crippen LogP contribution in [0.25, 0.3) is 0 Å². The summed E-state index contributed by atoms with van der Waals surface area (Å²) in [5.41, 5.74) is 0.627. The lowest BCUT2D eigenvalue weighted by Crippen LogP contribution is -2.26. The molecule has 0 spiro atoms. The number of carbonyl (C=O) groups excluding carboxylic acids is 1. The summed E-state index contributed by atoms with van der Waals surface area (Å²) in [5, 5.41) is 2.71. The maximum atomic E-state index is 12.6. The Kier molecular flexibility index (Phi) is 5.73. The smallest absolute Gasteiger partial charge is 0.268 e. The summed E-state index contributed by atoms with van der Waals surface area (Å²) in [6.45, 7) is 0.898. The van der Waals surface area contributed by atoms with Gasteiger partial charge in [0.2, 0.25) is 0 Å². The molecule has 1 N–H and O–H groups in total. The highest BCUT2D eigenvalue weighted by Crippen LogP contribution is 2.33. The Bertz CT molecular complexity index is 991. The van der Waals surface area contributed by atoms with E-state index in [0.29, 0.717) is 34.9 Å². The van der Waals surface area contributed by atoms with Gasteiger partial charge in [-0.05, 0) is 30.3 Å². The molecular weight excluding hydrogens is 388 g/mol. The molecule has 0 radical (unpaired) electrons. The summed E-state index contributed by atoms with van der Waals surface area (Å²) < 4.78 is 41.9. The van der Waals surface area contributed by atoms with Gasteiger partial charge in [0.05, 0.1) is 14.2 Å². The third-order valence-electron chi connectivity index (χ3n) is 4.10. The zero-order valence-corrected chi connectivity index (χ0v) is 16.4. The molecule has 2 aromatic rings. The largest absolute Gasteiger partial charge is 0.495 e. The summed E-state index contributed by atoms with van der Waals surface area (Å²) in [7, 11) is -0.188. The molecule has 10 heteroatoms. The van der Waals surface area contributed by atoms with Crippen LogP contribution in [0.1, 0.15) is 10.4 Å². The minimum absolute atomic E-state index is 0.0970. The number of sulfonamides is 1. The van der Waals surface area contributed by atoms with Crippen LogP contribution in [0.5, 0.6) is 17.2 Å². The number of fused-ring (bicyclic) bond motifs is 1. The summed E-state index contributed by atoms with van der Waals surface area (Å²) in [4.78, 5) is 17.2. The van der Waals surface area contributed by atoms with Crippen LogP contribution >= 0.6 is 0 Å². The summed E-state index contributed by atoms with van der Waals surface area (Å²) in [6, 6.07) is 9.13. The first-order chi connectivity index (χ1) is 13.4. The fourth-order valence-electron chi connectivity index (χ4n) is 2.58. The molecule has 9 nitrogen and oxygen atoms in total. The summed E-state index contributed by atoms with van der Waals surface area (Å²) >= 11 is 0. The zero-order chi connectivity index (χ0) is 20.3. The van der Waals surface area contributed by atoms with E-state index in [-0.39, 0.29) is 16.2 Å². The molecule has 28 heavy (non-hydrogen) atoms. The van der Waals surface area contributed by atoms with E-state index in [0.717, 1.165) is 0 Å². The number of anilines is 1. The molecule has 0 saturated heterocycles. The highest BCUT2D eigenvalue weighted by atomic mass is 32.2. The van der Waals surface area contributed by atoms with Crippen LogP contribution in [0.4, 0.5) is 5.69 Å². The van der Waals surface area contributed by atoms with Crippen molar-refractivity contribution < 1.29 is 32.3 Å². The van der Waals surface area contributed by atoms with Crippen LogP contribution in [0.15, 0.2) is 41.3 Å². The van der Waals surface area contributed by atoms with Crippen molar-refractivity contribution in [1.29, 1.82) is 0 Å². The van der Waals surface area contributed by atoms with Crippen LogP contribution in [0.2, 0.25) is 0 Å². The van der Waals surface area contributed by atoms with E-state index < -0.39 is 15.9 Å². The van der Waals surface area contributed by atoms with Gasteiger partial charge in [0.25, 0.3) is 15.9 Å². The molecule has 0 unspecified atom stereocenters. The van der Waals surface area contributed by atoms with E-state index in [9.17, 15) is 13.2 Å². The molecule has 0 aliphatic carbocycles. The van der Waals surface area contributed by atoms with E-state index in [2.05, 4.69) is 5.32 Å². The average Bonchev–Trinajstić information content (AvgIpc) is 2.72. The summed E-state index contributed by atoms with van der Waals surface area (Å²) in [5.74, 6) is 0.740. The van der Waals surface area contributed by atoms with Crippen molar-refractivity contribution in [3.8, 4) is 17.2 Å². The van der Waals surface area contributed by atoms with Gasteiger partial charge in [0.15, 0.2) is 11.5 Å². The Morgan fingerprint density at radius 3 is 2.46 bits per heavy atom. The van der Waals surface area contributed by atoms with Crippen LogP contribution in [-0.4, -0.2) is 53.3 Å². The number of hydroxylamine groups is 1. The fourth-order valence-corrected chi connectivity index (χ4v) is 3.74. The first kappa shape index (κ1) is 19.9. The molecule has 1 heterocycles. The molecule has 1 aliphatic heterocycles. The minimum Gasteiger partial charge on any atom is -0.495 e. The number of carbonyl (C=O) groups is 1. The highest BCUT2D eigenvalue weighted by Gasteiger charge is 2.26. The lowest BCUT2D eigenvalue weighted by atomic mass is 10.2. The average molecular weight is 408 g/mol. The second kappa shape index (κ2) is 8.05. The Hall–Kier alpha value is -2.82. The van der Waals surface area contributed by atoms with Crippen molar-refractivity contribution in [3.05, 3.63) is 42.0 Å². The maximum absolute atomic E-state index is 12.6. The van der Waals surface area contributed by atoms with Gasteiger partial charge >= 0.3 is 0 Å². The van der Waals surface area contributed by atoms with Crippen molar-refractivity contribution in [1.82, 2.24) is 4.47 Å². The van der Waals surface area contributed by atoms with Crippen molar-refractivity contribution >= 4 is 21.6 Å². The molecule has 1 amide bonds. The van der Waals surface area contributed by atoms with Crippen molar-refractivity contribution in [2.75, 3.05) is 39.8 Å². The van der Waals surface area contributed by atoms with Gasteiger partial charge in [-0.25, -0.2) is 8.42 Å². The van der Waals surface area contributed by atoms with Gasteiger partial charge in [-0.3, -0.25) is 9.63 Å².